The Balaban J connectivity index is 2.04. The summed E-state index contributed by atoms with van der Waals surface area (Å²) < 4.78 is 5.36. The molecule has 1 saturated heterocycles. The molecule has 3 N–H and O–H groups in total. The zero-order chi connectivity index (χ0) is 18.4. The molecule has 0 bridgehead atoms. The predicted octanol–water partition coefficient (Wildman–Crippen LogP) is 0.201. The number of benzene rings is 1. The predicted molar refractivity (Wildman–Crippen MR) is 98.2 cm³/mol. The molecule has 138 valence electrons. The molecule has 0 saturated carbocycles. The largest absolute Gasteiger partial charge is 0.495 e. The van der Waals surface area contributed by atoms with Crippen LogP contribution in [-0.2, 0) is 9.59 Å². The standard InChI is InChI=1S/C18H28N4O3/c1-5-21-8-10-22(11-9-21)18(24)13(2)19-16-12-15(20-14(3)23)6-7-17(16)25-4/h6-7,12-13,19H,5,8-11H2,1-4H3,(H,20,23)/p+1/t13-/m1/s1. The average Bonchev–Trinajstić information content (AvgIpc) is 2.61. The summed E-state index contributed by atoms with van der Waals surface area (Å²) in [5.74, 6) is 0.577. The molecule has 25 heavy (non-hydrogen) atoms. The van der Waals surface area contributed by atoms with Gasteiger partial charge in [0.2, 0.25) is 11.8 Å². The van der Waals surface area contributed by atoms with Gasteiger partial charge in [0.05, 0.1) is 45.5 Å². The number of rotatable bonds is 6. The molecular weight excluding hydrogens is 320 g/mol. The van der Waals surface area contributed by atoms with E-state index in [4.69, 9.17) is 4.74 Å². The van der Waals surface area contributed by atoms with Gasteiger partial charge in [-0.1, -0.05) is 0 Å². The van der Waals surface area contributed by atoms with Gasteiger partial charge in [0.25, 0.3) is 0 Å². The van der Waals surface area contributed by atoms with Gasteiger partial charge in [0.15, 0.2) is 0 Å². The number of carbonyl (C=O) groups excluding carboxylic acids is 2. The van der Waals surface area contributed by atoms with Crippen LogP contribution in [0.4, 0.5) is 11.4 Å². The average molecular weight is 349 g/mol. The van der Waals surface area contributed by atoms with E-state index in [0.29, 0.717) is 17.1 Å². The van der Waals surface area contributed by atoms with Crippen LogP contribution in [0, 0.1) is 0 Å². The molecule has 0 aromatic heterocycles. The van der Waals surface area contributed by atoms with Gasteiger partial charge in [-0.25, -0.2) is 0 Å². The fourth-order valence-electron chi connectivity index (χ4n) is 3.07. The quantitative estimate of drug-likeness (QED) is 0.686. The summed E-state index contributed by atoms with van der Waals surface area (Å²) >= 11 is 0. The highest BCUT2D eigenvalue weighted by molar-refractivity contribution is 5.90. The number of amides is 2. The van der Waals surface area contributed by atoms with E-state index in [9.17, 15) is 9.59 Å². The summed E-state index contributed by atoms with van der Waals surface area (Å²) in [7, 11) is 1.58. The number of nitrogens with one attached hydrogen (secondary N) is 3. The normalized spacial score (nSPS) is 16.2. The van der Waals surface area contributed by atoms with Crippen LogP contribution in [0.25, 0.3) is 0 Å². The van der Waals surface area contributed by atoms with Crippen LogP contribution in [0.1, 0.15) is 20.8 Å². The van der Waals surface area contributed by atoms with Gasteiger partial charge in [-0.15, -0.1) is 0 Å². The number of hydrogen-bond acceptors (Lipinski definition) is 4. The van der Waals surface area contributed by atoms with Crippen molar-refractivity contribution in [1.82, 2.24) is 4.90 Å². The first kappa shape index (κ1) is 19.1. The Morgan fingerprint density at radius 1 is 1.32 bits per heavy atom. The lowest BCUT2D eigenvalue weighted by molar-refractivity contribution is -0.902. The molecular formula is C18H29N4O3+. The summed E-state index contributed by atoms with van der Waals surface area (Å²) in [5.41, 5.74) is 1.35. The third-order valence-electron chi connectivity index (χ3n) is 4.54. The molecule has 1 aliphatic heterocycles. The number of ether oxygens (including phenoxy) is 1. The topological polar surface area (TPSA) is 75.1 Å². The fourth-order valence-corrected chi connectivity index (χ4v) is 3.07. The van der Waals surface area contributed by atoms with Crippen LogP contribution in [0.3, 0.4) is 0 Å². The molecule has 1 aromatic rings. The minimum absolute atomic E-state index is 0.0853. The van der Waals surface area contributed by atoms with Crippen molar-refractivity contribution in [3.8, 4) is 5.75 Å². The summed E-state index contributed by atoms with van der Waals surface area (Å²) in [6.45, 7) is 10.2. The van der Waals surface area contributed by atoms with Crippen LogP contribution in [0.5, 0.6) is 5.75 Å². The Morgan fingerprint density at radius 3 is 2.56 bits per heavy atom. The van der Waals surface area contributed by atoms with Crippen LogP contribution >= 0.6 is 0 Å². The molecule has 1 atom stereocenters. The number of methoxy groups -OCH3 is 1. The lowest BCUT2D eigenvalue weighted by Crippen LogP contribution is -3.14. The maximum atomic E-state index is 12.7. The number of hydrogen-bond donors (Lipinski definition) is 3. The van der Waals surface area contributed by atoms with E-state index in [1.807, 2.05) is 11.8 Å². The van der Waals surface area contributed by atoms with Gasteiger partial charge in [-0.05, 0) is 32.0 Å². The van der Waals surface area contributed by atoms with Crippen LogP contribution in [0.15, 0.2) is 18.2 Å². The van der Waals surface area contributed by atoms with Crippen molar-refractivity contribution < 1.29 is 19.2 Å². The maximum absolute atomic E-state index is 12.7. The van der Waals surface area contributed by atoms with Gasteiger partial charge in [-0.2, -0.15) is 0 Å². The summed E-state index contributed by atoms with van der Waals surface area (Å²) in [4.78, 5) is 27.4. The molecule has 2 rings (SSSR count). The van der Waals surface area contributed by atoms with E-state index in [1.165, 1.54) is 11.8 Å². The van der Waals surface area contributed by atoms with Crippen molar-refractivity contribution in [2.24, 2.45) is 0 Å². The van der Waals surface area contributed by atoms with Gasteiger partial charge < -0.3 is 25.2 Å². The first-order valence-corrected chi connectivity index (χ1v) is 8.79. The number of nitrogens with zero attached hydrogens (tertiary/aromatic N) is 1. The highest BCUT2D eigenvalue weighted by Crippen LogP contribution is 2.28. The molecule has 7 nitrogen and oxygen atoms in total. The monoisotopic (exact) mass is 349 g/mol. The first-order valence-electron chi connectivity index (χ1n) is 8.79. The van der Waals surface area contributed by atoms with E-state index in [1.54, 1.807) is 25.3 Å². The second kappa shape index (κ2) is 8.71. The summed E-state index contributed by atoms with van der Waals surface area (Å²) in [6.07, 6.45) is 0. The van der Waals surface area contributed by atoms with Gasteiger partial charge >= 0.3 is 0 Å². The van der Waals surface area contributed by atoms with E-state index in [0.717, 1.165) is 32.7 Å². The number of piperazine rings is 1. The third-order valence-corrected chi connectivity index (χ3v) is 4.54. The van der Waals surface area contributed by atoms with Crippen molar-refractivity contribution in [2.45, 2.75) is 26.8 Å². The van der Waals surface area contributed by atoms with Crippen molar-refractivity contribution in [1.29, 1.82) is 0 Å². The Morgan fingerprint density at radius 2 is 2.00 bits per heavy atom. The number of anilines is 2. The van der Waals surface area contributed by atoms with E-state index in [-0.39, 0.29) is 17.9 Å². The summed E-state index contributed by atoms with van der Waals surface area (Å²) in [6, 6.07) is 4.95. The highest BCUT2D eigenvalue weighted by atomic mass is 16.5. The molecule has 1 aliphatic rings. The van der Waals surface area contributed by atoms with E-state index < -0.39 is 0 Å². The minimum Gasteiger partial charge on any atom is -0.495 e. The second-order valence-electron chi connectivity index (χ2n) is 6.39. The van der Waals surface area contributed by atoms with Gasteiger partial charge in [0, 0.05) is 12.6 Å². The highest BCUT2D eigenvalue weighted by Gasteiger charge is 2.26. The Bertz CT molecular complexity index is 612. The van der Waals surface area contributed by atoms with Crippen LogP contribution < -0.4 is 20.3 Å². The second-order valence-corrected chi connectivity index (χ2v) is 6.39. The number of likely N-dealkylation sites (N-methyl/N-ethyl adjacent to an activating group) is 1. The van der Waals surface area contributed by atoms with Crippen LogP contribution in [-0.4, -0.2) is 62.6 Å². The molecule has 1 heterocycles. The van der Waals surface area contributed by atoms with Crippen molar-refractivity contribution in [3.63, 3.8) is 0 Å². The first-order chi connectivity index (χ1) is 11.9. The van der Waals surface area contributed by atoms with Crippen molar-refractivity contribution >= 4 is 23.2 Å². The zero-order valence-electron chi connectivity index (χ0n) is 15.5. The maximum Gasteiger partial charge on any atom is 0.245 e. The summed E-state index contributed by atoms with van der Waals surface area (Å²) in [5, 5.41) is 5.96. The smallest absolute Gasteiger partial charge is 0.245 e. The number of quaternary nitrogens is 1. The van der Waals surface area contributed by atoms with Crippen LogP contribution in [0.2, 0.25) is 0 Å². The van der Waals surface area contributed by atoms with Gasteiger partial charge in [-0.3, -0.25) is 9.59 Å². The molecule has 2 amide bonds. The lowest BCUT2D eigenvalue weighted by atomic mass is 10.2. The molecule has 0 radical (unpaired) electrons. The lowest BCUT2D eigenvalue weighted by Gasteiger charge is -2.33. The Labute approximate surface area is 149 Å². The molecule has 1 fully saturated rings. The molecule has 0 unspecified atom stereocenters. The SMILES string of the molecule is CC[NH+]1CCN(C(=O)[C@@H](C)Nc2cc(NC(C)=O)ccc2OC)CC1. The Hall–Kier alpha value is -2.28. The zero-order valence-corrected chi connectivity index (χ0v) is 15.5. The van der Waals surface area contributed by atoms with E-state index >= 15 is 0 Å². The Kier molecular flexibility index (Phi) is 6.64. The molecule has 0 aliphatic carbocycles. The van der Waals surface area contributed by atoms with Crippen molar-refractivity contribution in [2.75, 3.05) is 50.5 Å². The molecule has 0 spiro atoms. The molecule has 1 aromatic carbocycles. The minimum atomic E-state index is -0.371. The number of carbonyl (C=O) groups is 2. The molecule has 7 heteroatoms. The van der Waals surface area contributed by atoms with Gasteiger partial charge in [0.1, 0.15) is 11.8 Å². The van der Waals surface area contributed by atoms with Crippen molar-refractivity contribution in [3.05, 3.63) is 18.2 Å². The third kappa shape index (κ3) is 5.09. The van der Waals surface area contributed by atoms with E-state index in [2.05, 4.69) is 17.6 Å². The fraction of sp³-hybridized carbons (Fsp3) is 0.556.